The molecule has 0 radical (unpaired) electrons. The van der Waals surface area contributed by atoms with Crippen molar-refractivity contribution in [1.29, 1.82) is 0 Å². The second-order valence-corrected chi connectivity index (χ2v) is 5.90. The number of carbonyl (C=O) groups is 2. The number of hydrogen-bond acceptors (Lipinski definition) is 4. The molecular formula is C12H22N2O4. The molecule has 1 heterocycles. The highest BCUT2D eigenvalue weighted by molar-refractivity contribution is 5.73. The molecule has 6 heteroatoms. The Balaban J connectivity index is 2.44. The van der Waals surface area contributed by atoms with E-state index in [0.717, 1.165) is 0 Å². The summed E-state index contributed by atoms with van der Waals surface area (Å²) in [6.07, 6.45) is -0.380. The first-order chi connectivity index (χ1) is 8.17. The van der Waals surface area contributed by atoms with Crippen LogP contribution in [-0.4, -0.2) is 53.8 Å². The molecular weight excluding hydrogens is 236 g/mol. The van der Waals surface area contributed by atoms with Gasteiger partial charge in [0.05, 0.1) is 6.61 Å². The van der Waals surface area contributed by atoms with E-state index in [9.17, 15) is 14.7 Å². The summed E-state index contributed by atoms with van der Waals surface area (Å²) in [5, 5.41) is 12.0. The lowest BCUT2D eigenvalue weighted by atomic mass is 9.80. The topological polar surface area (TPSA) is 78.9 Å². The number of carbonyl (C=O) groups excluding carboxylic acids is 2. The van der Waals surface area contributed by atoms with Gasteiger partial charge < -0.3 is 20.1 Å². The fourth-order valence-corrected chi connectivity index (χ4v) is 1.80. The van der Waals surface area contributed by atoms with Crippen molar-refractivity contribution in [3.63, 3.8) is 0 Å². The molecule has 1 rings (SSSR count). The highest BCUT2D eigenvalue weighted by Crippen LogP contribution is 2.30. The van der Waals surface area contributed by atoms with E-state index < -0.39 is 11.0 Å². The van der Waals surface area contributed by atoms with E-state index in [0.29, 0.717) is 19.6 Å². The van der Waals surface area contributed by atoms with Gasteiger partial charge in [-0.2, -0.15) is 0 Å². The van der Waals surface area contributed by atoms with Gasteiger partial charge in [-0.3, -0.25) is 4.79 Å². The maximum absolute atomic E-state index is 11.7. The molecule has 18 heavy (non-hydrogen) atoms. The number of ether oxygens (including phenoxy) is 1. The summed E-state index contributed by atoms with van der Waals surface area (Å²) < 4.78 is 5.22. The Morgan fingerprint density at radius 3 is 2.33 bits per heavy atom. The fourth-order valence-electron chi connectivity index (χ4n) is 1.80. The summed E-state index contributed by atoms with van der Waals surface area (Å²) in [6, 6.07) is 0. The first kappa shape index (κ1) is 14.8. The molecule has 6 nitrogen and oxygen atoms in total. The molecule has 2 amide bonds. The Morgan fingerprint density at radius 1 is 1.39 bits per heavy atom. The van der Waals surface area contributed by atoms with Gasteiger partial charge in [0.15, 0.2) is 0 Å². The standard InChI is InChI=1S/C12H22N2O4/c1-9(16)13-5-12(8-15)6-14(7-12)10(17)18-11(2,3)4/h15H,5-8H2,1-4H3,(H,13,16). The number of aliphatic hydroxyl groups excluding tert-OH is 1. The molecule has 0 aromatic carbocycles. The Bertz CT molecular complexity index is 329. The lowest BCUT2D eigenvalue weighted by Crippen LogP contribution is -2.64. The first-order valence-corrected chi connectivity index (χ1v) is 6.01. The molecule has 0 unspecified atom stereocenters. The number of nitrogens with zero attached hydrogens (tertiary/aromatic N) is 1. The van der Waals surface area contributed by atoms with Crippen LogP contribution in [0.15, 0.2) is 0 Å². The van der Waals surface area contributed by atoms with E-state index in [1.54, 1.807) is 20.8 Å². The summed E-state index contributed by atoms with van der Waals surface area (Å²) >= 11 is 0. The zero-order valence-corrected chi connectivity index (χ0v) is 11.4. The van der Waals surface area contributed by atoms with Gasteiger partial charge in [0.25, 0.3) is 0 Å². The molecule has 0 aliphatic carbocycles. The number of amides is 2. The molecule has 0 atom stereocenters. The number of rotatable bonds is 3. The maximum Gasteiger partial charge on any atom is 0.410 e. The van der Waals surface area contributed by atoms with Crippen molar-refractivity contribution >= 4 is 12.0 Å². The Labute approximate surface area is 107 Å². The molecule has 1 aliphatic heterocycles. The highest BCUT2D eigenvalue weighted by atomic mass is 16.6. The zero-order chi connectivity index (χ0) is 14.0. The van der Waals surface area contributed by atoms with Crippen LogP contribution in [0.25, 0.3) is 0 Å². The third-order valence-corrected chi connectivity index (χ3v) is 2.75. The van der Waals surface area contributed by atoms with E-state index in [-0.39, 0.29) is 18.6 Å². The maximum atomic E-state index is 11.7. The van der Waals surface area contributed by atoms with Gasteiger partial charge in [0.2, 0.25) is 5.91 Å². The molecule has 0 saturated carbocycles. The third kappa shape index (κ3) is 3.87. The number of hydrogen-bond donors (Lipinski definition) is 2. The molecule has 0 aromatic heterocycles. The van der Waals surface area contributed by atoms with E-state index in [1.165, 1.54) is 11.8 Å². The van der Waals surface area contributed by atoms with Crippen molar-refractivity contribution in [2.45, 2.75) is 33.3 Å². The lowest BCUT2D eigenvalue weighted by molar-refractivity contribution is -0.120. The SMILES string of the molecule is CC(=O)NCC1(CO)CN(C(=O)OC(C)(C)C)C1. The average Bonchev–Trinajstić information content (AvgIpc) is 2.13. The van der Waals surface area contributed by atoms with Crippen LogP contribution in [0, 0.1) is 5.41 Å². The predicted molar refractivity (Wildman–Crippen MR) is 66.0 cm³/mol. The quantitative estimate of drug-likeness (QED) is 0.765. The van der Waals surface area contributed by atoms with Gasteiger partial charge in [-0.05, 0) is 20.8 Å². The van der Waals surface area contributed by atoms with Crippen LogP contribution in [0.1, 0.15) is 27.7 Å². The van der Waals surface area contributed by atoms with Crippen molar-refractivity contribution in [1.82, 2.24) is 10.2 Å². The van der Waals surface area contributed by atoms with Crippen molar-refractivity contribution in [3.05, 3.63) is 0 Å². The molecule has 0 aromatic rings. The highest BCUT2D eigenvalue weighted by Gasteiger charge is 2.46. The molecule has 104 valence electrons. The Kier molecular flexibility index (Phi) is 4.21. The van der Waals surface area contributed by atoms with Gasteiger partial charge in [0.1, 0.15) is 5.60 Å². The van der Waals surface area contributed by atoms with E-state index in [1.807, 2.05) is 0 Å². The number of likely N-dealkylation sites (tertiary alicyclic amines) is 1. The van der Waals surface area contributed by atoms with Crippen molar-refractivity contribution in [2.24, 2.45) is 5.41 Å². The summed E-state index contributed by atoms with van der Waals surface area (Å²) in [4.78, 5) is 24.1. The average molecular weight is 258 g/mol. The Hall–Kier alpha value is -1.30. The second-order valence-electron chi connectivity index (χ2n) is 5.90. The van der Waals surface area contributed by atoms with Crippen LogP contribution in [-0.2, 0) is 9.53 Å². The van der Waals surface area contributed by atoms with Crippen LogP contribution in [0.2, 0.25) is 0 Å². The second kappa shape index (κ2) is 5.14. The molecule has 0 bridgehead atoms. The summed E-state index contributed by atoms with van der Waals surface area (Å²) in [6.45, 7) is 7.96. The van der Waals surface area contributed by atoms with E-state index in [4.69, 9.17) is 4.74 Å². The number of aliphatic hydroxyl groups is 1. The van der Waals surface area contributed by atoms with Crippen LogP contribution in [0.4, 0.5) is 4.79 Å². The fraction of sp³-hybridized carbons (Fsp3) is 0.833. The lowest BCUT2D eigenvalue weighted by Gasteiger charge is -2.48. The minimum atomic E-state index is -0.522. The molecule has 0 spiro atoms. The van der Waals surface area contributed by atoms with Crippen molar-refractivity contribution in [2.75, 3.05) is 26.2 Å². The van der Waals surface area contributed by atoms with Gasteiger partial charge in [-0.25, -0.2) is 4.79 Å². The normalized spacial score (nSPS) is 17.9. The van der Waals surface area contributed by atoms with Crippen molar-refractivity contribution < 1.29 is 19.4 Å². The van der Waals surface area contributed by atoms with Crippen LogP contribution in [0.3, 0.4) is 0 Å². The van der Waals surface area contributed by atoms with Gasteiger partial charge in [0, 0.05) is 32.0 Å². The molecule has 1 saturated heterocycles. The molecule has 1 fully saturated rings. The Morgan fingerprint density at radius 2 is 1.94 bits per heavy atom. The zero-order valence-electron chi connectivity index (χ0n) is 11.4. The minimum absolute atomic E-state index is 0.0629. The largest absolute Gasteiger partial charge is 0.444 e. The summed E-state index contributed by atoms with van der Waals surface area (Å²) in [7, 11) is 0. The predicted octanol–water partition coefficient (Wildman–Crippen LogP) is 0.352. The minimum Gasteiger partial charge on any atom is -0.444 e. The van der Waals surface area contributed by atoms with E-state index in [2.05, 4.69) is 5.32 Å². The number of nitrogens with one attached hydrogen (secondary N) is 1. The molecule has 1 aliphatic rings. The van der Waals surface area contributed by atoms with Gasteiger partial charge >= 0.3 is 6.09 Å². The van der Waals surface area contributed by atoms with Gasteiger partial charge in [-0.1, -0.05) is 0 Å². The molecule has 2 N–H and O–H groups in total. The third-order valence-electron chi connectivity index (χ3n) is 2.75. The monoisotopic (exact) mass is 258 g/mol. The van der Waals surface area contributed by atoms with E-state index >= 15 is 0 Å². The van der Waals surface area contributed by atoms with Crippen LogP contribution >= 0.6 is 0 Å². The van der Waals surface area contributed by atoms with Crippen molar-refractivity contribution in [3.8, 4) is 0 Å². The summed E-state index contributed by atoms with van der Waals surface area (Å²) in [5.41, 5.74) is -0.950. The van der Waals surface area contributed by atoms with Gasteiger partial charge in [-0.15, -0.1) is 0 Å². The summed E-state index contributed by atoms with van der Waals surface area (Å²) in [5.74, 6) is -0.140. The first-order valence-electron chi connectivity index (χ1n) is 6.01. The van der Waals surface area contributed by atoms with Crippen LogP contribution < -0.4 is 5.32 Å². The smallest absolute Gasteiger partial charge is 0.410 e. The van der Waals surface area contributed by atoms with Crippen LogP contribution in [0.5, 0.6) is 0 Å².